The van der Waals surface area contributed by atoms with Gasteiger partial charge in [0.15, 0.2) is 0 Å². The number of carbonyl (C=O) groups is 1. The molecule has 2 aromatic rings. The monoisotopic (exact) mass is 367 g/mol. The molecule has 0 aliphatic carbocycles. The van der Waals surface area contributed by atoms with Crippen molar-refractivity contribution in [3.63, 3.8) is 0 Å². The van der Waals surface area contributed by atoms with Gasteiger partial charge in [-0.1, -0.05) is 40.8 Å². The van der Waals surface area contributed by atoms with E-state index in [9.17, 15) is 4.79 Å². The minimum absolute atomic E-state index is 0.543. The highest BCUT2D eigenvalue weighted by Crippen LogP contribution is 2.37. The molecule has 4 nitrogen and oxygen atoms in total. The van der Waals surface area contributed by atoms with Crippen molar-refractivity contribution in [2.24, 2.45) is 0 Å². The van der Waals surface area contributed by atoms with Crippen LogP contribution in [0.5, 0.6) is 11.6 Å². The van der Waals surface area contributed by atoms with Gasteiger partial charge in [0.05, 0.1) is 0 Å². The number of ether oxygens (including phenoxy) is 1. The normalized spacial score (nSPS) is 13.9. The second kappa shape index (κ2) is 4.80. The Morgan fingerprint density at radius 2 is 2.21 bits per heavy atom. The van der Waals surface area contributed by atoms with Gasteiger partial charge in [-0.3, -0.25) is 4.79 Å². The third kappa shape index (κ3) is 2.30. The molecule has 0 spiro atoms. The van der Waals surface area contributed by atoms with Crippen molar-refractivity contribution >= 4 is 28.6 Å². The number of aliphatic carboxylic acids is 1. The predicted molar refractivity (Wildman–Crippen MR) is 78.0 cm³/mol. The van der Waals surface area contributed by atoms with E-state index in [0.717, 1.165) is 28.9 Å². The molecule has 1 aliphatic heterocycles. The summed E-state index contributed by atoms with van der Waals surface area (Å²) >= 11 is 1.92. The first-order chi connectivity index (χ1) is 9.15. The molecular formula is C14H10INO3. The average Bonchev–Trinajstić information content (AvgIpc) is 2.43. The highest BCUT2D eigenvalue weighted by molar-refractivity contribution is 14.1. The van der Waals surface area contributed by atoms with Crippen LogP contribution in [0, 0.1) is 0 Å². The first-order valence-electron chi connectivity index (χ1n) is 5.76. The minimum atomic E-state index is -0.834. The maximum absolute atomic E-state index is 11.0. The molecule has 3 rings (SSSR count). The van der Waals surface area contributed by atoms with E-state index >= 15 is 0 Å². The maximum atomic E-state index is 11.0. The summed E-state index contributed by atoms with van der Waals surface area (Å²) in [6, 6.07) is 9.34. The smallest absolute Gasteiger partial charge is 0.320 e. The molecule has 1 aromatic heterocycles. The van der Waals surface area contributed by atoms with Crippen molar-refractivity contribution in [1.82, 2.24) is 4.98 Å². The van der Waals surface area contributed by atoms with E-state index < -0.39 is 9.89 Å². The predicted octanol–water partition coefficient (Wildman–Crippen LogP) is 3.34. The Hall–Kier alpha value is -1.63. The zero-order valence-electron chi connectivity index (χ0n) is 9.84. The number of rotatable bonds is 2. The van der Waals surface area contributed by atoms with E-state index in [2.05, 4.69) is 4.98 Å². The Labute approximate surface area is 123 Å². The van der Waals surface area contributed by atoms with E-state index in [-0.39, 0.29) is 0 Å². The van der Waals surface area contributed by atoms with Crippen LogP contribution in [0.3, 0.4) is 0 Å². The lowest BCUT2D eigenvalue weighted by Gasteiger charge is -2.20. The summed E-state index contributed by atoms with van der Waals surface area (Å²) in [7, 11) is 0. The molecule has 0 fully saturated rings. The van der Waals surface area contributed by atoms with E-state index in [0.29, 0.717) is 5.88 Å². The minimum Gasteiger partial charge on any atom is -0.480 e. The largest absolute Gasteiger partial charge is 0.480 e. The summed E-state index contributed by atoms with van der Waals surface area (Å²) in [5, 5.41) is 9.05. The molecule has 0 saturated heterocycles. The van der Waals surface area contributed by atoms with Gasteiger partial charge < -0.3 is 9.84 Å². The second-order valence-corrected chi connectivity index (χ2v) is 5.56. The fourth-order valence-corrected chi connectivity index (χ4v) is 2.48. The second-order valence-electron chi connectivity index (χ2n) is 4.31. The van der Waals surface area contributed by atoms with Crippen molar-refractivity contribution in [2.45, 2.75) is 10.3 Å². The number of alkyl halides is 1. The van der Waals surface area contributed by atoms with Crippen molar-refractivity contribution in [3.8, 4) is 11.6 Å². The van der Waals surface area contributed by atoms with Crippen LogP contribution in [-0.2, 0) is 11.2 Å². The van der Waals surface area contributed by atoms with Gasteiger partial charge in [-0.05, 0) is 23.3 Å². The molecular weight excluding hydrogens is 357 g/mol. The lowest BCUT2D eigenvalue weighted by atomic mass is 9.99. The van der Waals surface area contributed by atoms with Gasteiger partial charge in [-0.25, -0.2) is 4.98 Å². The zero-order valence-corrected chi connectivity index (χ0v) is 12.0. The van der Waals surface area contributed by atoms with Crippen molar-refractivity contribution in [3.05, 3.63) is 53.2 Å². The SMILES string of the molecule is O=C(O)C(I)c1ccc2c(c1)Cc1cccnc1O2. The molecule has 5 heteroatoms. The summed E-state index contributed by atoms with van der Waals surface area (Å²) in [4.78, 5) is 15.2. The molecule has 0 amide bonds. The van der Waals surface area contributed by atoms with E-state index in [1.54, 1.807) is 12.3 Å². The molecule has 1 aromatic carbocycles. The maximum Gasteiger partial charge on any atom is 0.320 e. The van der Waals surface area contributed by atoms with Crippen LogP contribution in [0.4, 0.5) is 0 Å². The molecule has 0 saturated carbocycles. The molecule has 0 bridgehead atoms. The Morgan fingerprint density at radius 3 is 3.00 bits per heavy atom. The summed E-state index contributed by atoms with van der Waals surface area (Å²) in [5.41, 5.74) is 2.80. The number of hydrogen-bond donors (Lipinski definition) is 1. The summed E-state index contributed by atoms with van der Waals surface area (Å²) in [5.74, 6) is 0.551. The quantitative estimate of drug-likeness (QED) is 0.558. The van der Waals surface area contributed by atoms with Crippen molar-refractivity contribution < 1.29 is 14.6 Å². The number of aromatic nitrogens is 1. The topological polar surface area (TPSA) is 59.4 Å². The number of fused-ring (bicyclic) bond motifs is 2. The zero-order chi connectivity index (χ0) is 13.4. The Balaban J connectivity index is 1.98. The van der Waals surface area contributed by atoms with Crippen LogP contribution >= 0.6 is 22.6 Å². The Morgan fingerprint density at radius 1 is 1.37 bits per heavy atom. The van der Waals surface area contributed by atoms with Crippen molar-refractivity contribution in [1.29, 1.82) is 0 Å². The molecule has 1 unspecified atom stereocenters. The van der Waals surface area contributed by atoms with Gasteiger partial charge in [0.25, 0.3) is 0 Å². The number of pyridine rings is 1. The van der Waals surface area contributed by atoms with E-state index in [4.69, 9.17) is 9.84 Å². The highest BCUT2D eigenvalue weighted by Gasteiger charge is 2.21. The number of carboxylic acids is 1. The number of benzene rings is 1. The third-order valence-electron chi connectivity index (χ3n) is 3.03. The number of nitrogens with zero attached hydrogens (tertiary/aromatic N) is 1. The molecule has 2 heterocycles. The number of hydrogen-bond acceptors (Lipinski definition) is 3. The highest BCUT2D eigenvalue weighted by atomic mass is 127. The van der Waals surface area contributed by atoms with Crippen LogP contribution in [0.1, 0.15) is 20.6 Å². The lowest BCUT2D eigenvalue weighted by Crippen LogP contribution is -2.08. The first-order valence-corrected chi connectivity index (χ1v) is 7.01. The van der Waals surface area contributed by atoms with Gasteiger partial charge in [0.2, 0.25) is 5.88 Å². The summed E-state index contributed by atoms with van der Waals surface area (Å²) < 4.78 is 5.17. The lowest BCUT2D eigenvalue weighted by molar-refractivity contribution is -0.136. The summed E-state index contributed by atoms with van der Waals surface area (Å²) in [6.45, 7) is 0. The number of carboxylic acid groups (broad SMARTS) is 1. The van der Waals surface area contributed by atoms with E-state index in [1.165, 1.54) is 0 Å². The van der Waals surface area contributed by atoms with E-state index in [1.807, 2.05) is 46.9 Å². The van der Waals surface area contributed by atoms with Gasteiger partial charge in [-0.2, -0.15) is 0 Å². The van der Waals surface area contributed by atoms with Crippen LogP contribution in [-0.4, -0.2) is 16.1 Å². The van der Waals surface area contributed by atoms with Crippen LogP contribution < -0.4 is 4.74 Å². The Bertz CT molecular complexity index is 657. The molecule has 1 N–H and O–H groups in total. The fraction of sp³-hybridized carbons (Fsp3) is 0.143. The molecule has 1 aliphatic rings. The third-order valence-corrected chi connectivity index (χ3v) is 4.28. The Kier molecular flexibility index (Phi) is 3.14. The van der Waals surface area contributed by atoms with Crippen LogP contribution in [0.15, 0.2) is 36.5 Å². The molecule has 96 valence electrons. The average molecular weight is 367 g/mol. The van der Waals surface area contributed by atoms with Gasteiger partial charge in [0.1, 0.15) is 9.67 Å². The van der Waals surface area contributed by atoms with Gasteiger partial charge in [0, 0.05) is 18.2 Å². The van der Waals surface area contributed by atoms with Crippen LogP contribution in [0.25, 0.3) is 0 Å². The molecule has 1 atom stereocenters. The van der Waals surface area contributed by atoms with Crippen LogP contribution in [0.2, 0.25) is 0 Å². The fourth-order valence-electron chi connectivity index (χ4n) is 2.10. The van der Waals surface area contributed by atoms with Gasteiger partial charge >= 0.3 is 5.97 Å². The standard InChI is InChI=1S/C14H10INO3/c15-12(14(17)18)8-3-4-11-10(6-8)7-9-2-1-5-16-13(9)19-11/h1-6,12H,7H2,(H,17,18). The summed E-state index contributed by atoms with van der Waals surface area (Å²) in [6.07, 6.45) is 2.42. The molecule has 19 heavy (non-hydrogen) atoms. The number of halogens is 1. The first kappa shape index (κ1) is 12.4. The molecule has 0 radical (unpaired) electrons. The van der Waals surface area contributed by atoms with Crippen molar-refractivity contribution in [2.75, 3.05) is 0 Å². The van der Waals surface area contributed by atoms with Gasteiger partial charge in [-0.15, -0.1) is 0 Å².